The zero-order valence-corrected chi connectivity index (χ0v) is 74.6. The molecule has 0 bridgehead atoms. The van der Waals surface area contributed by atoms with Gasteiger partial charge in [-0.3, -0.25) is 4.98 Å². The van der Waals surface area contributed by atoms with Crippen molar-refractivity contribution in [2.24, 2.45) is 29.1 Å². The number of aromatic nitrogens is 3. The summed E-state index contributed by atoms with van der Waals surface area (Å²) < 4.78 is 70.2. The molecular formula is C97H144ClF2N3O8. The molecule has 0 spiro atoms. The fourth-order valence-electron chi connectivity index (χ4n) is 9.73. The SMILES string of the molecule is CC(C)COc1ccc(C(C)C)cn1.CC(C)COc1ccc(F)c(C(C)C)c1.CC(C)COc1cccc(C(C)C)c1.CC(C)COc1ccnc(C(C)C)c1.CC(C)c1ccc(C(C)C)cc1.CC(C)c1ccc(F)c2c1OCO2.CC(C)c1ccc(OCC(C)(C)C)nc1.CCCOc1cc(C(C)C)ccc1Cl. The number of nitrogens with zero attached hydrogens (tertiary/aromatic N) is 3. The largest absolute Gasteiger partial charge is 0.493 e. The second-order valence-corrected chi connectivity index (χ2v) is 34.4. The van der Waals surface area contributed by atoms with E-state index in [9.17, 15) is 8.78 Å². The third kappa shape index (κ3) is 41.5. The third-order valence-electron chi connectivity index (χ3n) is 16.8. The van der Waals surface area contributed by atoms with Crippen LogP contribution in [-0.4, -0.2) is 61.4 Å². The zero-order chi connectivity index (χ0) is 83.7. The molecule has 0 fully saturated rings. The first-order chi connectivity index (χ1) is 52.1. The highest BCUT2D eigenvalue weighted by Crippen LogP contribution is 2.41. The molecule has 1 aliphatic rings. The van der Waals surface area contributed by atoms with Crippen molar-refractivity contribution < 1.29 is 46.7 Å². The van der Waals surface area contributed by atoms with Gasteiger partial charge < -0.3 is 37.9 Å². The van der Waals surface area contributed by atoms with Gasteiger partial charge in [0, 0.05) is 48.0 Å². The predicted molar refractivity (Wildman–Crippen MR) is 465 cm³/mol. The monoisotopic (exact) mass is 1550 g/mol. The molecular weight excluding hydrogens is 1410 g/mol. The van der Waals surface area contributed by atoms with Crippen LogP contribution in [0.5, 0.6) is 46.3 Å². The van der Waals surface area contributed by atoms with Crippen LogP contribution in [0.1, 0.15) is 318 Å². The first kappa shape index (κ1) is 99.2. The van der Waals surface area contributed by atoms with Crippen LogP contribution < -0.4 is 37.9 Å². The van der Waals surface area contributed by atoms with Crippen molar-refractivity contribution >= 4 is 11.6 Å². The molecule has 0 N–H and O–H groups in total. The van der Waals surface area contributed by atoms with Gasteiger partial charge >= 0.3 is 0 Å². The molecule has 8 aromatic rings. The molecule has 11 nitrogen and oxygen atoms in total. The third-order valence-corrected chi connectivity index (χ3v) is 17.1. The molecule has 0 aliphatic carbocycles. The van der Waals surface area contributed by atoms with Crippen LogP contribution in [0, 0.1) is 40.7 Å². The predicted octanol–water partition coefficient (Wildman–Crippen LogP) is 28.8. The maximum absolute atomic E-state index is 13.4. The molecule has 0 atom stereocenters. The number of benzene rings is 5. The van der Waals surface area contributed by atoms with Gasteiger partial charge in [-0.1, -0.05) is 280 Å². The summed E-state index contributed by atoms with van der Waals surface area (Å²) in [5, 5.41) is 0.697. The summed E-state index contributed by atoms with van der Waals surface area (Å²) in [6.07, 6.45) is 6.59. The number of rotatable bonds is 26. The topological polar surface area (TPSA) is 113 Å². The van der Waals surface area contributed by atoms with Gasteiger partial charge in [-0.2, -0.15) is 0 Å². The van der Waals surface area contributed by atoms with Crippen molar-refractivity contribution in [3.05, 3.63) is 219 Å². The Morgan fingerprint density at radius 3 is 1.23 bits per heavy atom. The number of ether oxygens (including phenoxy) is 8. The lowest BCUT2D eigenvalue weighted by Gasteiger charge is -2.18. The van der Waals surface area contributed by atoms with Crippen molar-refractivity contribution in [1.29, 1.82) is 0 Å². The van der Waals surface area contributed by atoms with Crippen molar-refractivity contribution in [3.8, 4) is 46.3 Å². The van der Waals surface area contributed by atoms with E-state index in [2.05, 4.69) is 250 Å². The highest BCUT2D eigenvalue weighted by molar-refractivity contribution is 6.32. The number of halogens is 3. The van der Waals surface area contributed by atoms with Gasteiger partial charge in [0.15, 0.2) is 11.6 Å². The van der Waals surface area contributed by atoms with Crippen molar-refractivity contribution in [2.75, 3.05) is 46.4 Å². The molecule has 0 amide bonds. The Morgan fingerprint density at radius 1 is 0.378 bits per heavy atom. The lowest BCUT2D eigenvalue weighted by molar-refractivity contribution is 0.170. The molecule has 14 heteroatoms. The van der Waals surface area contributed by atoms with E-state index >= 15 is 0 Å². The molecule has 4 heterocycles. The van der Waals surface area contributed by atoms with Gasteiger partial charge in [-0.25, -0.2) is 18.7 Å². The van der Waals surface area contributed by atoms with E-state index in [1.807, 2.05) is 94.8 Å². The van der Waals surface area contributed by atoms with E-state index in [1.165, 1.54) is 45.5 Å². The quantitative estimate of drug-likeness (QED) is 0.0516. The normalized spacial score (nSPS) is 11.4. The van der Waals surface area contributed by atoms with Gasteiger partial charge in [0.2, 0.25) is 24.3 Å². The zero-order valence-electron chi connectivity index (χ0n) is 73.8. The summed E-state index contributed by atoms with van der Waals surface area (Å²) in [6.45, 7) is 68.6. The van der Waals surface area contributed by atoms with E-state index in [0.717, 1.165) is 78.5 Å². The van der Waals surface area contributed by atoms with Gasteiger partial charge in [-0.15, -0.1) is 0 Å². The van der Waals surface area contributed by atoms with Crippen LogP contribution in [-0.2, 0) is 0 Å². The Kier molecular flexibility index (Phi) is 46.8. The summed E-state index contributed by atoms with van der Waals surface area (Å²) in [5.74, 6) is 11.8. The summed E-state index contributed by atoms with van der Waals surface area (Å²) in [6, 6.07) is 43.4. The van der Waals surface area contributed by atoms with Gasteiger partial charge in [-0.05, 0) is 182 Å². The molecule has 3 aromatic heterocycles. The second-order valence-electron chi connectivity index (χ2n) is 34.0. The van der Waals surface area contributed by atoms with Crippen LogP contribution in [0.4, 0.5) is 8.78 Å². The van der Waals surface area contributed by atoms with Crippen LogP contribution in [0.25, 0.3) is 0 Å². The van der Waals surface area contributed by atoms with E-state index in [-0.39, 0.29) is 35.5 Å². The number of hydrogen-bond acceptors (Lipinski definition) is 11. The number of fused-ring (bicyclic) bond motifs is 1. The van der Waals surface area contributed by atoms with Gasteiger partial charge in [0.1, 0.15) is 28.8 Å². The first-order valence-electron chi connectivity index (χ1n) is 40.6. The molecule has 0 radical (unpaired) electrons. The Morgan fingerprint density at radius 2 is 0.802 bits per heavy atom. The fourth-order valence-corrected chi connectivity index (χ4v) is 9.90. The number of hydrogen-bond donors (Lipinski definition) is 0. The minimum Gasteiger partial charge on any atom is -0.493 e. The Balaban J connectivity index is 0.000000431. The molecule has 616 valence electrons. The minimum absolute atomic E-state index is 0.121. The molecule has 0 unspecified atom stereocenters. The average molecular weight is 1550 g/mol. The second kappa shape index (κ2) is 52.4. The highest BCUT2D eigenvalue weighted by Gasteiger charge is 2.23. The van der Waals surface area contributed by atoms with Crippen molar-refractivity contribution in [1.82, 2.24) is 15.0 Å². The molecule has 111 heavy (non-hydrogen) atoms. The highest BCUT2D eigenvalue weighted by atomic mass is 35.5. The maximum atomic E-state index is 13.4. The Hall–Kier alpha value is -7.90. The Labute approximate surface area is 677 Å². The van der Waals surface area contributed by atoms with Crippen LogP contribution in [0.2, 0.25) is 5.02 Å². The first-order valence-corrected chi connectivity index (χ1v) is 41.0. The summed E-state index contributed by atoms with van der Waals surface area (Å²) in [7, 11) is 0. The Bertz CT molecular complexity index is 3700. The summed E-state index contributed by atoms with van der Waals surface area (Å²) in [5.41, 5.74) is 10.9. The standard InChI is InChI=1S/C13H19FO.C13H21NO.C13H20O.C12H17ClO.2C12H19NO.C12H18.C10H11FO2/c1-9(2)8-15-11-5-6-13(14)12(7-11)10(3)4;1-10(2)11-6-7-12(14-8-11)15-9-13(3,4)5;1-10(2)9-14-13-7-5-6-12(8-13)11(3)4;1-4-7-14-12-8-10(9(2)3)5-6-11(12)13;1-9(2)8-14-11-5-6-13-12(7-11)10(3)4;1-9(2)8-14-12-6-5-11(7-13-12)10(3)4;1-9(2)11-5-7-12(8-6-11)10(3)4;1-6(2)7-3-4-8(11)10-9(7)12-5-13-10/h5-7,9-10H,8H2,1-4H3;6-8,10H,9H2,1-5H3;5-8,10-11H,9H2,1-4H3;5-6,8-9H,4,7H2,1-3H3;2*5-7,9-10H,8H2,1-4H3;5-10H,1-4H3;3-4,6H,5H2,1-2H3. The minimum atomic E-state index is -0.350. The lowest BCUT2D eigenvalue weighted by atomic mass is 9.97. The van der Waals surface area contributed by atoms with E-state index in [1.54, 1.807) is 18.2 Å². The molecule has 9 rings (SSSR count). The summed E-state index contributed by atoms with van der Waals surface area (Å²) in [4.78, 5) is 12.8. The van der Waals surface area contributed by atoms with Crippen LogP contribution in [0.15, 0.2) is 152 Å². The van der Waals surface area contributed by atoms with E-state index < -0.39 is 0 Å². The smallest absolute Gasteiger partial charge is 0.231 e. The molecule has 5 aromatic carbocycles. The fraction of sp³-hybridized carbons (Fsp3) is 0.536. The van der Waals surface area contributed by atoms with Gasteiger partial charge in [0.05, 0.1) is 44.7 Å². The molecule has 0 saturated carbocycles. The molecule has 0 saturated heterocycles. The van der Waals surface area contributed by atoms with Crippen LogP contribution in [0.3, 0.4) is 0 Å². The van der Waals surface area contributed by atoms with E-state index in [0.29, 0.717) is 101 Å². The molecule has 1 aliphatic heterocycles. The number of pyridine rings is 3. The van der Waals surface area contributed by atoms with E-state index in [4.69, 9.17) is 49.5 Å². The lowest BCUT2D eigenvalue weighted by Crippen LogP contribution is -2.17. The van der Waals surface area contributed by atoms with Crippen molar-refractivity contribution in [2.45, 2.75) is 267 Å². The average Bonchev–Trinajstić information content (AvgIpc) is 1.68. The van der Waals surface area contributed by atoms with Crippen LogP contribution >= 0.6 is 11.6 Å². The summed E-state index contributed by atoms with van der Waals surface area (Å²) >= 11 is 6.01. The maximum Gasteiger partial charge on any atom is 0.231 e. The van der Waals surface area contributed by atoms with Gasteiger partial charge in [0.25, 0.3) is 0 Å². The van der Waals surface area contributed by atoms with Crippen molar-refractivity contribution in [3.63, 3.8) is 0 Å².